The number of nitrogens with two attached hydrogens (primary N) is 1. The van der Waals surface area contributed by atoms with Crippen LogP contribution in [0.2, 0.25) is 0 Å². The Morgan fingerprint density at radius 3 is 3.14 bits per heavy atom. The summed E-state index contributed by atoms with van der Waals surface area (Å²) in [4.78, 5) is 6.14. The van der Waals surface area contributed by atoms with Gasteiger partial charge in [-0.25, -0.2) is 4.98 Å². The molecule has 1 fully saturated rings. The fraction of sp³-hybridized carbons (Fsp3) is 0.400. The Kier molecular flexibility index (Phi) is 2.33. The lowest BCUT2D eigenvalue weighted by molar-refractivity contribution is 0.752. The Morgan fingerprint density at radius 2 is 2.50 bits per heavy atom. The SMILES string of the molecule is N#Cc1ncccc1N1CCC(N)C1. The molecule has 1 aromatic heterocycles. The van der Waals surface area contributed by atoms with Crippen LogP contribution in [0.15, 0.2) is 18.3 Å². The molecule has 0 radical (unpaired) electrons. The molecule has 0 bridgehead atoms. The van der Waals surface area contributed by atoms with Gasteiger partial charge in [0.2, 0.25) is 0 Å². The Balaban J connectivity index is 2.28. The third-order valence-corrected chi connectivity index (χ3v) is 2.46. The van der Waals surface area contributed by atoms with Gasteiger partial charge >= 0.3 is 0 Å². The molecular formula is C10H12N4. The minimum atomic E-state index is 0.224. The minimum absolute atomic E-state index is 0.224. The van der Waals surface area contributed by atoms with Gasteiger partial charge in [0, 0.05) is 25.3 Å². The second-order valence-corrected chi connectivity index (χ2v) is 3.48. The zero-order valence-corrected chi connectivity index (χ0v) is 7.85. The van der Waals surface area contributed by atoms with E-state index in [9.17, 15) is 0 Å². The van der Waals surface area contributed by atoms with Crippen LogP contribution in [0.25, 0.3) is 0 Å². The molecule has 0 aromatic carbocycles. The van der Waals surface area contributed by atoms with Crippen LogP contribution < -0.4 is 10.6 Å². The van der Waals surface area contributed by atoms with Crippen LogP contribution >= 0.6 is 0 Å². The molecule has 1 aliphatic rings. The van der Waals surface area contributed by atoms with Crippen LogP contribution in [-0.2, 0) is 0 Å². The number of pyridine rings is 1. The standard InChI is InChI=1S/C10H12N4/c11-6-9-10(2-1-4-13-9)14-5-3-8(12)7-14/h1-2,4,8H,3,5,7,12H2. The third kappa shape index (κ3) is 1.54. The Morgan fingerprint density at radius 1 is 1.64 bits per heavy atom. The Labute approximate surface area is 83.0 Å². The predicted octanol–water partition coefficient (Wildman–Crippen LogP) is 0.491. The van der Waals surface area contributed by atoms with Gasteiger partial charge in [0.1, 0.15) is 6.07 Å². The lowest BCUT2D eigenvalue weighted by atomic mass is 10.3. The van der Waals surface area contributed by atoms with E-state index in [1.165, 1.54) is 0 Å². The molecule has 14 heavy (non-hydrogen) atoms. The van der Waals surface area contributed by atoms with Gasteiger partial charge in [-0.1, -0.05) is 0 Å². The number of anilines is 1. The van der Waals surface area contributed by atoms with Crippen molar-refractivity contribution in [2.45, 2.75) is 12.5 Å². The highest BCUT2D eigenvalue weighted by atomic mass is 15.2. The first-order valence-electron chi connectivity index (χ1n) is 4.67. The van der Waals surface area contributed by atoms with Gasteiger partial charge in [0.25, 0.3) is 0 Å². The summed E-state index contributed by atoms with van der Waals surface area (Å²) in [7, 11) is 0. The summed E-state index contributed by atoms with van der Waals surface area (Å²) in [5.74, 6) is 0. The summed E-state index contributed by atoms with van der Waals surface area (Å²) in [5.41, 5.74) is 7.20. The lowest BCUT2D eigenvalue weighted by Gasteiger charge is -2.18. The average Bonchev–Trinajstić information content (AvgIpc) is 2.65. The molecule has 0 amide bonds. The molecule has 4 nitrogen and oxygen atoms in total. The quantitative estimate of drug-likeness (QED) is 0.696. The van der Waals surface area contributed by atoms with E-state index in [0.717, 1.165) is 25.2 Å². The average molecular weight is 188 g/mol. The molecule has 4 heteroatoms. The van der Waals surface area contributed by atoms with Crippen molar-refractivity contribution in [3.63, 3.8) is 0 Å². The number of nitrogens with zero attached hydrogens (tertiary/aromatic N) is 3. The summed E-state index contributed by atoms with van der Waals surface area (Å²) in [6.45, 7) is 1.74. The Hall–Kier alpha value is -1.60. The minimum Gasteiger partial charge on any atom is -0.368 e. The second-order valence-electron chi connectivity index (χ2n) is 3.48. The molecule has 1 unspecified atom stereocenters. The zero-order valence-electron chi connectivity index (χ0n) is 7.85. The molecule has 1 saturated heterocycles. The molecular weight excluding hydrogens is 176 g/mol. The Bertz CT molecular complexity index is 369. The van der Waals surface area contributed by atoms with E-state index < -0.39 is 0 Å². The fourth-order valence-electron chi connectivity index (χ4n) is 1.74. The maximum absolute atomic E-state index is 8.87. The van der Waals surface area contributed by atoms with Gasteiger partial charge < -0.3 is 10.6 Å². The van der Waals surface area contributed by atoms with Crippen molar-refractivity contribution in [2.24, 2.45) is 5.73 Å². The number of hydrogen-bond donors (Lipinski definition) is 1. The topological polar surface area (TPSA) is 65.9 Å². The molecule has 0 aliphatic carbocycles. The zero-order chi connectivity index (χ0) is 9.97. The van der Waals surface area contributed by atoms with E-state index in [4.69, 9.17) is 11.0 Å². The normalized spacial score (nSPS) is 20.9. The van der Waals surface area contributed by atoms with Crippen molar-refractivity contribution < 1.29 is 0 Å². The highest BCUT2D eigenvalue weighted by Gasteiger charge is 2.21. The van der Waals surface area contributed by atoms with Gasteiger partial charge in [0.05, 0.1) is 5.69 Å². The van der Waals surface area contributed by atoms with Crippen molar-refractivity contribution in [3.8, 4) is 6.07 Å². The smallest absolute Gasteiger partial charge is 0.163 e. The van der Waals surface area contributed by atoms with E-state index >= 15 is 0 Å². The molecule has 0 spiro atoms. The molecule has 72 valence electrons. The van der Waals surface area contributed by atoms with Crippen LogP contribution in [0, 0.1) is 11.3 Å². The van der Waals surface area contributed by atoms with Crippen LogP contribution in [0.5, 0.6) is 0 Å². The van der Waals surface area contributed by atoms with E-state index in [1.807, 2.05) is 12.1 Å². The first-order chi connectivity index (χ1) is 6.81. The second kappa shape index (κ2) is 3.64. The van der Waals surface area contributed by atoms with Crippen molar-refractivity contribution in [2.75, 3.05) is 18.0 Å². The van der Waals surface area contributed by atoms with E-state index in [-0.39, 0.29) is 6.04 Å². The largest absolute Gasteiger partial charge is 0.368 e. The maximum Gasteiger partial charge on any atom is 0.163 e. The summed E-state index contributed by atoms with van der Waals surface area (Å²) in [6.07, 6.45) is 2.62. The molecule has 2 rings (SSSR count). The molecule has 1 atom stereocenters. The predicted molar refractivity (Wildman–Crippen MR) is 53.8 cm³/mol. The summed E-state index contributed by atoms with van der Waals surface area (Å²) in [5, 5.41) is 8.87. The lowest BCUT2D eigenvalue weighted by Crippen LogP contribution is -2.26. The highest BCUT2D eigenvalue weighted by molar-refractivity contribution is 5.56. The van der Waals surface area contributed by atoms with Crippen LogP contribution in [0.3, 0.4) is 0 Å². The first kappa shape index (κ1) is 8.97. The van der Waals surface area contributed by atoms with Gasteiger partial charge in [-0.3, -0.25) is 0 Å². The molecule has 0 saturated carbocycles. The first-order valence-corrected chi connectivity index (χ1v) is 4.67. The molecule has 2 N–H and O–H groups in total. The summed E-state index contributed by atoms with van der Waals surface area (Å²) in [6, 6.07) is 6.09. The number of nitriles is 1. The van der Waals surface area contributed by atoms with Crippen molar-refractivity contribution in [1.82, 2.24) is 4.98 Å². The van der Waals surface area contributed by atoms with Crippen molar-refractivity contribution in [3.05, 3.63) is 24.0 Å². The van der Waals surface area contributed by atoms with Gasteiger partial charge in [-0.05, 0) is 18.6 Å². The van der Waals surface area contributed by atoms with Gasteiger partial charge in [-0.2, -0.15) is 5.26 Å². The fourth-order valence-corrected chi connectivity index (χ4v) is 1.74. The van der Waals surface area contributed by atoms with Crippen LogP contribution in [-0.4, -0.2) is 24.1 Å². The maximum atomic E-state index is 8.87. The van der Waals surface area contributed by atoms with Crippen LogP contribution in [0.1, 0.15) is 12.1 Å². The summed E-state index contributed by atoms with van der Waals surface area (Å²) < 4.78 is 0. The van der Waals surface area contributed by atoms with E-state index in [0.29, 0.717) is 5.69 Å². The van der Waals surface area contributed by atoms with Crippen LogP contribution in [0.4, 0.5) is 5.69 Å². The van der Waals surface area contributed by atoms with Crippen molar-refractivity contribution >= 4 is 5.69 Å². The van der Waals surface area contributed by atoms with Gasteiger partial charge in [-0.15, -0.1) is 0 Å². The third-order valence-electron chi connectivity index (χ3n) is 2.46. The van der Waals surface area contributed by atoms with E-state index in [1.54, 1.807) is 6.20 Å². The molecule has 1 aromatic rings. The number of rotatable bonds is 1. The number of aromatic nitrogens is 1. The number of hydrogen-bond acceptors (Lipinski definition) is 4. The monoisotopic (exact) mass is 188 g/mol. The summed E-state index contributed by atoms with van der Waals surface area (Å²) >= 11 is 0. The van der Waals surface area contributed by atoms with Crippen molar-refractivity contribution in [1.29, 1.82) is 5.26 Å². The van der Waals surface area contributed by atoms with Gasteiger partial charge in [0.15, 0.2) is 5.69 Å². The highest BCUT2D eigenvalue weighted by Crippen LogP contribution is 2.21. The molecule has 2 heterocycles. The molecule has 1 aliphatic heterocycles. The van der Waals surface area contributed by atoms with E-state index in [2.05, 4.69) is 16.0 Å².